The predicted molar refractivity (Wildman–Crippen MR) is 163 cm³/mol. The van der Waals surface area contributed by atoms with Gasteiger partial charge >= 0.3 is 0 Å². The Balaban J connectivity index is 1.41. The second kappa shape index (κ2) is 10.9. The van der Waals surface area contributed by atoms with E-state index >= 15 is 0 Å². The number of methoxy groups -OCH3 is 1. The molecule has 2 aromatic rings. The van der Waals surface area contributed by atoms with E-state index in [0.717, 1.165) is 48.3 Å². The smallest absolute Gasteiger partial charge is 0.255 e. The number of sulfonamides is 1. The maximum absolute atomic E-state index is 13.6. The number of nitrogens with zero attached hydrogens (tertiary/aromatic N) is 3. The van der Waals surface area contributed by atoms with E-state index in [1.54, 1.807) is 12.1 Å². The standard InChI is InChI=1S/C29H39N7O4S/c1-18-10-11-19(13-24(18)36-17-23(32-34-36)25-16-30-26-9-7-8-12-35(25)26)28(37)31-21-14-20(29(2,3)4)15-22(27(21)40-5)33-41(6,38)39/h10-11,13-15,17,25,32-34H,7-9,12,16H2,1-6H3,(H,31,37). The molecule has 0 radical (unpaired) electrons. The van der Waals surface area contributed by atoms with E-state index in [2.05, 4.69) is 25.9 Å². The van der Waals surface area contributed by atoms with Gasteiger partial charge in [-0.25, -0.2) is 8.42 Å². The average Bonchev–Trinajstić information content (AvgIpc) is 3.54. The first-order valence-electron chi connectivity index (χ1n) is 13.8. The van der Waals surface area contributed by atoms with Gasteiger partial charge in [-0.05, 0) is 60.6 Å². The zero-order chi connectivity index (χ0) is 29.5. The number of hydrogen-bond donors (Lipinski definition) is 4. The highest BCUT2D eigenvalue weighted by Gasteiger charge is 2.34. The molecule has 0 aliphatic carbocycles. The molecule has 41 heavy (non-hydrogen) atoms. The molecule has 0 spiro atoms. The summed E-state index contributed by atoms with van der Waals surface area (Å²) in [5, 5.41) is 4.84. The number of amidine groups is 1. The average molecular weight is 582 g/mol. The van der Waals surface area contributed by atoms with Crippen LogP contribution in [0.3, 0.4) is 0 Å². The van der Waals surface area contributed by atoms with Gasteiger partial charge in [-0.3, -0.25) is 19.5 Å². The fourth-order valence-corrected chi connectivity index (χ4v) is 5.93. The van der Waals surface area contributed by atoms with Crippen LogP contribution in [0, 0.1) is 6.92 Å². The van der Waals surface area contributed by atoms with E-state index in [1.807, 2.05) is 57.1 Å². The summed E-state index contributed by atoms with van der Waals surface area (Å²) < 4.78 is 32.2. The second-order valence-corrected chi connectivity index (χ2v) is 13.5. The Hall–Kier alpha value is -3.77. The van der Waals surface area contributed by atoms with Gasteiger partial charge in [-0.1, -0.05) is 26.8 Å². The number of aliphatic imine (C=N–C) groups is 1. The monoisotopic (exact) mass is 581 g/mol. The Morgan fingerprint density at radius 2 is 1.90 bits per heavy atom. The third kappa shape index (κ3) is 6.13. The molecule has 220 valence electrons. The van der Waals surface area contributed by atoms with Gasteiger partial charge in [0.25, 0.3) is 5.91 Å². The molecule has 0 bridgehead atoms. The molecule has 4 N–H and O–H groups in total. The van der Waals surface area contributed by atoms with Gasteiger partial charge in [0.15, 0.2) is 5.75 Å². The molecular weight excluding hydrogens is 542 g/mol. The molecule has 5 rings (SSSR count). The molecule has 3 heterocycles. The van der Waals surface area contributed by atoms with Crippen molar-refractivity contribution in [3.8, 4) is 5.75 Å². The molecule has 0 aromatic heterocycles. The Morgan fingerprint density at radius 1 is 1.15 bits per heavy atom. The van der Waals surface area contributed by atoms with Crippen molar-refractivity contribution in [1.82, 2.24) is 15.9 Å². The molecule has 11 nitrogen and oxygen atoms in total. The number of benzene rings is 2. The zero-order valence-corrected chi connectivity index (χ0v) is 25.3. The number of aryl methyl sites for hydroxylation is 1. The van der Waals surface area contributed by atoms with Gasteiger partial charge in [0.1, 0.15) is 0 Å². The van der Waals surface area contributed by atoms with Crippen LogP contribution in [0.1, 0.15) is 61.5 Å². The number of rotatable bonds is 7. The lowest BCUT2D eigenvalue weighted by molar-refractivity contribution is 0.102. The van der Waals surface area contributed by atoms with Crippen LogP contribution < -0.4 is 30.7 Å². The first-order valence-corrected chi connectivity index (χ1v) is 15.7. The van der Waals surface area contributed by atoms with Crippen molar-refractivity contribution in [1.29, 1.82) is 0 Å². The minimum atomic E-state index is -3.58. The fourth-order valence-electron chi connectivity index (χ4n) is 5.38. The number of piperidine rings is 1. The first kappa shape index (κ1) is 28.7. The van der Waals surface area contributed by atoms with E-state index < -0.39 is 10.0 Å². The quantitative estimate of drug-likeness (QED) is 0.388. The summed E-state index contributed by atoms with van der Waals surface area (Å²) >= 11 is 0. The number of ether oxygens (including phenoxy) is 1. The normalized spacial score (nSPS) is 18.8. The maximum atomic E-state index is 13.6. The SMILES string of the molecule is COc1c(NC(=O)c2ccc(C)c(N3C=C(C4CN=C5CCCCN54)NN3)c2)cc(C(C)(C)C)cc1NS(C)(=O)=O. The molecule has 1 atom stereocenters. The van der Waals surface area contributed by atoms with Crippen molar-refractivity contribution in [3.63, 3.8) is 0 Å². The van der Waals surface area contributed by atoms with Crippen LogP contribution in [0.4, 0.5) is 17.1 Å². The summed E-state index contributed by atoms with van der Waals surface area (Å²) in [4.78, 5) is 20.7. The van der Waals surface area contributed by atoms with Crippen LogP contribution >= 0.6 is 0 Å². The lowest BCUT2D eigenvalue weighted by Crippen LogP contribution is -2.45. The summed E-state index contributed by atoms with van der Waals surface area (Å²) in [7, 11) is -2.14. The van der Waals surface area contributed by atoms with Crippen molar-refractivity contribution in [3.05, 3.63) is 58.9 Å². The molecule has 3 aliphatic rings. The Bertz CT molecular complexity index is 1530. The van der Waals surface area contributed by atoms with Gasteiger partial charge in [-0.2, -0.15) is 0 Å². The Labute approximate surface area is 242 Å². The highest BCUT2D eigenvalue weighted by atomic mass is 32.2. The Morgan fingerprint density at radius 3 is 2.61 bits per heavy atom. The first-order chi connectivity index (χ1) is 19.3. The zero-order valence-electron chi connectivity index (χ0n) is 24.5. The highest BCUT2D eigenvalue weighted by molar-refractivity contribution is 7.92. The number of anilines is 3. The molecule has 3 aliphatic heterocycles. The third-order valence-electron chi connectivity index (χ3n) is 7.59. The van der Waals surface area contributed by atoms with Crippen LogP contribution in [0.15, 0.2) is 47.2 Å². The molecule has 1 saturated heterocycles. The van der Waals surface area contributed by atoms with Crippen LogP contribution in [-0.4, -0.2) is 57.6 Å². The number of carbonyl (C=O) groups excluding carboxylic acids is 1. The van der Waals surface area contributed by atoms with Gasteiger partial charge in [0, 0.05) is 24.7 Å². The number of hydrogen-bond acceptors (Lipinski definition) is 9. The fraction of sp³-hybridized carbons (Fsp3) is 0.448. The van der Waals surface area contributed by atoms with E-state index in [9.17, 15) is 13.2 Å². The van der Waals surface area contributed by atoms with Gasteiger partial charge < -0.3 is 20.4 Å². The molecule has 1 amide bonds. The van der Waals surface area contributed by atoms with Crippen LogP contribution in [0.25, 0.3) is 0 Å². The molecule has 1 fully saturated rings. The van der Waals surface area contributed by atoms with E-state index in [-0.39, 0.29) is 28.8 Å². The minimum absolute atomic E-state index is 0.173. The topological polar surface area (TPSA) is 127 Å². The van der Waals surface area contributed by atoms with Crippen molar-refractivity contribution >= 4 is 38.8 Å². The van der Waals surface area contributed by atoms with Crippen LogP contribution in [0.2, 0.25) is 0 Å². The third-order valence-corrected chi connectivity index (χ3v) is 8.18. The summed E-state index contributed by atoms with van der Waals surface area (Å²) in [6.07, 6.45) is 6.50. The van der Waals surface area contributed by atoms with E-state index in [0.29, 0.717) is 11.3 Å². The Kier molecular flexibility index (Phi) is 7.64. The van der Waals surface area contributed by atoms with Crippen molar-refractivity contribution < 1.29 is 17.9 Å². The number of hydrazine groups is 2. The van der Waals surface area contributed by atoms with Gasteiger partial charge in [0.05, 0.1) is 54.5 Å². The lowest BCUT2D eigenvalue weighted by atomic mass is 9.86. The minimum Gasteiger partial charge on any atom is -0.492 e. The molecule has 1 unspecified atom stereocenters. The second-order valence-electron chi connectivity index (χ2n) is 11.8. The van der Waals surface area contributed by atoms with Gasteiger partial charge in [-0.15, -0.1) is 5.53 Å². The summed E-state index contributed by atoms with van der Waals surface area (Å²) in [5.41, 5.74) is 11.0. The number of carbonyl (C=O) groups is 1. The maximum Gasteiger partial charge on any atom is 0.255 e. The predicted octanol–water partition coefficient (Wildman–Crippen LogP) is 3.86. The molecular formula is C29H39N7O4S. The number of amides is 1. The number of fused-ring (bicyclic) bond motifs is 1. The largest absolute Gasteiger partial charge is 0.492 e. The van der Waals surface area contributed by atoms with Crippen molar-refractivity contribution in [2.24, 2.45) is 4.99 Å². The van der Waals surface area contributed by atoms with E-state index in [4.69, 9.17) is 9.73 Å². The van der Waals surface area contributed by atoms with Gasteiger partial charge in [0.2, 0.25) is 10.0 Å². The number of nitrogens with one attached hydrogen (secondary N) is 4. The van der Waals surface area contributed by atoms with Crippen LogP contribution in [-0.2, 0) is 15.4 Å². The summed E-state index contributed by atoms with van der Waals surface area (Å²) in [5.74, 6) is 1.08. The summed E-state index contributed by atoms with van der Waals surface area (Å²) in [6.45, 7) is 9.78. The molecule has 12 heteroatoms. The van der Waals surface area contributed by atoms with E-state index in [1.165, 1.54) is 25.8 Å². The van der Waals surface area contributed by atoms with Crippen molar-refractivity contribution in [2.75, 3.05) is 41.5 Å². The highest BCUT2D eigenvalue weighted by Crippen LogP contribution is 2.39. The lowest BCUT2D eigenvalue weighted by Gasteiger charge is -2.31. The van der Waals surface area contributed by atoms with Crippen LogP contribution in [0.5, 0.6) is 5.75 Å². The molecule has 0 saturated carbocycles. The van der Waals surface area contributed by atoms with Crippen molar-refractivity contribution in [2.45, 2.75) is 58.4 Å². The summed E-state index contributed by atoms with van der Waals surface area (Å²) in [6, 6.07) is 9.22. The molecule has 2 aromatic carbocycles.